The van der Waals surface area contributed by atoms with Crippen molar-refractivity contribution < 1.29 is 4.79 Å². The molecule has 0 aliphatic heterocycles. The predicted octanol–water partition coefficient (Wildman–Crippen LogP) is 3.08. The number of anilines is 1. The fraction of sp³-hybridized carbons (Fsp3) is 0.368. The fourth-order valence-corrected chi connectivity index (χ4v) is 2.78. The van der Waals surface area contributed by atoms with Crippen LogP contribution in [0, 0.1) is 0 Å². The molecule has 0 saturated carbocycles. The molecule has 0 unspecified atom stereocenters. The summed E-state index contributed by atoms with van der Waals surface area (Å²) in [6, 6.07) is 5.39. The topological polar surface area (TPSA) is 77.1 Å². The maximum Gasteiger partial charge on any atom is 0.257 e. The Kier molecular flexibility index (Phi) is 6.18. The van der Waals surface area contributed by atoms with Crippen molar-refractivity contribution in [2.75, 3.05) is 12.3 Å². The molecule has 24 heavy (non-hydrogen) atoms. The molecular weight excluding hydrogens is 302 g/mol. The van der Waals surface area contributed by atoms with Gasteiger partial charge in [0.2, 0.25) is 5.43 Å². The molecule has 0 spiro atoms. The number of carbonyl (C=O) groups excluding carboxylic acids is 1. The lowest BCUT2D eigenvalue weighted by molar-refractivity contribution is 0.0956. The molecule has 5 nitrogen and oxygen atoms in total. The summed E-state index contributed by atoms with van der Waals surface area (Å²) in [6.45, 7) is 6.80. The maximum absolute atomic E-state index is 12.7. The van der Waals surface area contributed by atoms with Crippen molar-refractivity contribution in [1.29, 1.82) is 0 Å². The number of aromatic nitrogens is 1. The molecule has 2 rings (SSSR count). The Hall–Kier alpha value is -2.56. The monoisotopic (exact) mass is 327 g/mol. The predicted molar refractivity (Wildman–Crippen MR) is 99.3 cm³/mol. The van der Waals surface area contributed by atoms with E-state index in [9.17, 15) is 9.59 Å². The molecule has 0 atom stereocenters. The minimum absolute atomic E-state index is 0.123. The highest BCUT2D eigenvalue weighted by molar-refractivity contribution is 6.00. The molecule has 128 valence electrons. The van der Waals surface area contributed by atoms with Crippen LogP contribution in [0.15, 0.2) is 41.8 Å². The van der Waals surface area contributed by atoms with E-state index in [1.165, 1.54) is 6.42 Å². The summed E-state index contributed by atoms with van der Waals surface area (Å²) >= 11 is 0. The minimum atomic E-state index is -0.396. The third-order valence-corrected chi connectivity index (χ3v) is 4.04. The van der Waals surface area contributed by atoms with E-state index in [0.717, 1.165) is 31.3 Å². The van der Waals surface area contributed by atoms with Crippen molar-refractivity contribution in [1.82, 2.24) is 9.88 Å². The van der Waals surface area contributed by atoms with Crippen molar-refractivity contribution in [3.63, 3.8) is 0 Å². The van der Waals surface area contributed by atoms with Crippen LogP contribution in [0.4, 0.5) is 5.69 Å². The van der Waals surface area contributed by atoms with Crippen LogP contribution in [0.2, 0.25) is 0 Å². The van der Waals surface area contributed by atoms with Gasteiger partial charge in [-0.15, -0.1) is 6.58 Å². The van der Waals surface area contributed by atoms with Crippen LogP contribution in [0.5, 0.6) is 0 Å². The molecule has 0 bridgehead atoms. The van der Waals surface area contributed by atoms with Crippen molar-refractivity contribution in [3.05, 3.63) is 52.8 Å². The van der Waals surface area contributed by atoms with Crippen LogP contribution in [0.1, 0.15) is 43.0 Å². The molecule has 1 aromatic carbocycles. The highest BCUT2D eigenvalue weighted by Gasteiger charge is 2.16. The zero-order chi connectivity index (χ0) is 17.5. The highest BCUT2D eigenvalue weighted by atomic mass is 16.2. The normalized spacial score (nSPS) is 10.7. The summed E-state index contributed by atoms with van der Waals surface area (Å²) in [6.07, 6.45) is 7.67. The zero-order valence-electron chi connectivity index (χ0n) is 14.2. The van der Waals surface area contributed by atoms with Crippen LogP contribution in [-0.2, 0) is 6.54 Å². The van der Waals surface area contributed by atoms with Crippen molar-refractivity contribution in [3.8, 4) is 0 Å². The van der Waals surface area contributed by atoms with Gasteiger partial charge in [-0.1, -0.05) is 38.3 Å². The molecule has 3 N–H and O–H groups in total. The summed E-state index contributed by atoms with van der Waals surface area (Å²) in [5, 5.41) is 3.08. The first-order chi connectivity index (χ1) is 11.6. The molecule has 1 heterocycles. The van der Waals surface area contributed by atoms with Gasteiger partial charge >= 0.3 is 0 Å². The number of rotatable bonds is 8. The van der Waals surface area contributed by atoms with Gasteiger partial charge in [-0.25, -0.2) is 0 Å². The number of hydrogen-bond acceptors (Lipinski definition) is 3. The smallest absolute Gasteiger partial charge is 0.257 e. The second-order valence-corrected chi connectivity index (χ2v) is 5.87. The van der Waals surface area contributed by atoms with Gasteiger partial charge in [-0.3, -0.25) is 9.59 Å². The van der Waals surface area contributed by atoms with E-state index in [1.807, 2.05) is 16.7 Å². The number of nitrogens with two attached hydrogens (primary N) is 1. The van der Waals surface area contributed by atoms with Crippen molar-refractivity contribution in [2.24, 2.45) is 0 Å². The molecule has 2 aromatic rings. The second kappa shape index (κ2) is 8.34. The van der Waals surface area contributed by atoms with E-state index in [2.05, 4.69) is 18.8 Å². The first-order valence-electron chi connectivity index (χ1n) is 8.40. The molecule has 0 fully saturated rings. The number of nitrogens with one attached hydrogen (secondary N) is 1. The van der Waals surface area contributed by atoms with E-state index in [-0.39, 0.29) is 11.0 Å². The minimum Gasteiger partial charge on any atom is -0.398 e. The number of nitrogen functional groups attached to an aromatic ring is 1. The first-order valence-corrected chi connectivity index (χ1v) is 8.40. The molecule has 0 radical (unpaired) electrons. The number of fused-ring (bicyclic) bond motifs is 1. The molecule has 5 heteroatoms. The standard InChI is InChI=1S/C19H25N3O2/c1-3-5-6-7-12-22-13-14(19(24)21-11-4-2)18(23)17-15(20)9-8-10-16(17)22/h4,8-10,13H,2-3,5-7,11-12,20H2,1H3,(H,21,24). The van der Waals surface area contributed by atoms with E-state index < -0.39 is 5.91 Å². The molecule has 1 aromatic heterocycles. The van der Waals surface area contributed by atoms with E-state index in [1.54, 1.807) is 18.3 Å². The van der Waals surface area contributed by atoms with Gasteiger partial charge in [0.25, 0.3) is 5.91 Å². The number of amides is 1. The Bertz CT molecular complexity index is 793. The van der Waals surface area contributed by atoms with Gasteiger partial charge in [-0.2, -0.15) is 0 Å². The summed E-state index contributed by atoms with van der Waals surface area (Å²) in [7, 11) is 0. The number of benzene rings is 1. The lowest BCUT2D eigenvalue weighted by atomic mass is 10.1. The number of hydrogen-bond donors (Lipinski definition) is 2. The van der Waals surface area contributed by atoms with Gasteiger partial charge in [0.05, 0.1) is 10.9 Å². The Balaban J connectivity index is 2.48. The van der Waals surface area contributed by atoms with Gasteiger partial charge in [0.15, 0.2) is 0 Å². The van der Waals surface area contributed by atoms with Crippen molar-refractivity contribution >= 4 is 22.5 Å². The SMILES string of the molecule is C=CCNC(=O)c1cn(CCCCCC)c2cccc(N)c2c1=O. The first kappa shape index (κ1) is 17.8. The Labute approximate surface area is 142 Å². The van der Waals surface area contributed by atoms with Gasteiger partial charge < -0.3 is 15.6 Å². The third kappa shape index (κ3) is 3.85. The average Bonchev–Trinajstić information content (AvgIpc) is 2.58. The summed E-state index contributed by atoms with van der Waals surface area (Å²) in [5.41, 5.74) is 6.98. The number of nitrogens with zero attached hydrogens (tertiary/aromatic N) is 1. The average molecular weight is 327 g/mol. The maximum atomic E-state index is 12.7. The molecule has 0 aliphatic rings. The molecular formula is C19H25N3O2. The second-order valence-electron chi connectivity index (χ2n) is 5.87. The summed E-state index contributed by atoms with van der Waals surface area (Å²) < 4.78 is 1.96. The van der Waals surface area contributed by atoms with Crippen LogP contribution < -0.4 is 16.5 Å². The summed E-state index contributed by atoms with van der Waals surface area (Å²) in [4.78, 5) is 25.0. The number of pyridine rings is 1. The Morgan fingerprint density at radius 1 is 1.33 bits per heavy atom. The fourth-order valence-electron chi connectivity index (χ4n) is 2.78. The largest absolute Gasteiger partial charge is 0.398 e. The van der Waals surface area contributed by atoms with Crippen LogP contribution in [-0.4, -0.2) is 17.0 Å². The zero-order valence-corrected chi connectivity index (χ0v) is 14.2. The van der Waals surface area contributed by atoms with Gasteiger partial charge in [0, 0.05) is 25.0 Å². The summed E-state index contributed by atoms with van der Waals surface area (Å²) in [5.74, 6) is -0.396. The van der Waals surface area contributed by atoms with E-state index in [4.69, 9.17) is 5.73 Å². The third-order valence-electron chi connectivity index (χ3n) is 4.04. The lowest BCUT2D eigenvalue weighted by Crippen LogP contribution is -2.30. The number of carbonyl (C=O) groups is 1. The van der Waals surface area contributed by atoms with Gasteiger partial charge in [-0.05, 0) is 18.6 Å². The van der Waals surface area contributed by atoms with E-state index in [0.29, 0.717) is 17.6 Å². The lowest BCUT2D eigenvalue weighted by Gasteiger charge is -2.14. The van der Waals surface area contributed by atoms with E-state index >= 15 is 0 Å². The Morgan fingerprint density at radius 3 is 2.83 bits per heavy atom. The molecule has 1 amide bonds. The quantitative estimate of drug-likeness (QED) is 0.444. The van der Waals surface area contributed by atoms with Crippen molar-refractivity contribution in [2.45, 2.75) is 39.2 Å². The molecule has 0 aliphatic carbocycles. The highest BCUT2D eigenvalue weighted by Crippen LogP contribution is 2.19. The van der Waals surface area contributed by atoms with Crippen LogP contribution in [0.25, 0.3) is 10.9 Å². The Morgan fingerprint density at radius 2 is 2.12 bits per heavy atom. The van der Waals surface area contributed by atoms with Crippen LogP contribution >= 0.6 is 0 Å². The molecule has 0 saturated heterocycles. The van der Waals surface area contributed by atoms with Gasteiger partial charge in [0.1, 0.15) is 5.56 Å². The number of aryl methyl sites for hydroxylation is 1. The van der Waals surface area contributed by atoms with Crippen LogP contribution in [0.3, 0.4) is 0 Å². The number of unbranched alkanes of at least 4 members (excludes halogenated alkanes) is 3.